The van der Waals surface area contributed by atoms with Gasteiger partial charge in [-0.25, -0.2) is 0 Å². The molecule has 1 spiro atoms. The minimum atomic E-state index is -0.353. The van der Waals surface area contributed by atoms with Crippen molar-refractivity contribution in [3.05, 3.63) is 166 Å². The summed E-state index contributed by atoms with van der Waals surface area (Å²) in [4.78, 5) is 0. The van der Waals surface area contributed by atoms with E-state index >= 15 is 0 Å². The molecule has 0 heteroatoms. The summed E-state index contributed by atoms with van der Waals surface area (Å²) < 4.78 is 0. The zero-order valence-electron chi connectivity index (χ0n) is 23.8. The van der Waals surface area contributed by atoms with Gasteiger partial charge in [-0.15, -0.1) is 0 Å². The molecule has 41 heavy (non-hydrogen) atoms. The van der Waals surface area contributed by atoms with Crippen LogP contribution in [-0.2, 0) is 5.41 Å². The zero-order chi connectivity index (χ0) is 27.7. The maximum absolute atomic E-state index is 2.49. The minimum absolute atomic E-state index is 0.353. The van der Waals surface area contributed by atoms with E-state index in [-0.39, 0.29) is 5.41 Å². The largest absolute Gasteiger partial charge is 0.0728 e. The molecular weight excluding hydrogens is 492 g/mol. The second-order valence-electron chi connectivity index (χ2n) is 11.7. The molecule has 6 aromatic carbocycles. The van der Waals surface area contributed by atoms with Crippen LogP contribution in [-0.4, -0.2) is 0 Å². The molecule has 0 radical (unpaired) electrons. The summed E-state index contributed by atoms with van der Waals surface area (Å²) in [7, 11) is 0. The number of hydrogen-bond donors (Lipinski definition) is 0. The van der Waals surface area contributed by atoms with Crippen LogP contribution in [0.1, 0.15) is 52.3 Å². The molecule has 0 aromatic heterocycles. The lowest BCUT2D eigenvalue weighted by atomic mass is 9.67. The fraction of sp³-hybridized carbons (Fsp3) is 0.122. The highest BCUT2D eigenvalue weighted by atomic mass is 14.5. The van der Waals surface area contributed by atoms with Crippen LogP contribution in [0, 0.1) is 13.8 Å². The van der Waals surface area contributed by atoms with E-state index in [0.717, 1.165) is 6.42 Å². The molecule has 0 unspecified atom stereocenters. The Balaban J connectivity index is 1.48. The van der Waals surface area contributed by atoms with Crippen LogP contribution in [0.3, 0.4) is 0 Å². The van der Waals surface area contributed by atoms with Gasteiger partial charge in [0, 0.05) is 0 Å². The van der Waals surface area contributed by atoms with Crippen LogP contribution < -0.4 is 0 Å². The summed E-state index contributed by atoms with van der Waals surface area (Å²) in [5.74, 6) is 0. The average Bonchev–Trinajstić information content (AvgIpc) is 3.46. The summed E-state index contributed by atoms with van der Waals surface area (Å²) >= 11 is 0. The number of hydrogen-bond acceptors (Lipinski definition) is 0. The number of aryl methyl sites for hydroxylation is 2. The first-order valence-electron chi connectivity index (χ1n) is 14.8. The molecule has 0 saturated carbocycles. The average molecular weight is 525 g/mol. The molecule has 6 aromatic rings. The van der Waals surface area contributed by atoms with E-state index < -0.39 is 0 Å². The fourth-order valence-corrected chi connectivity index (χ4v) is 7.69. The molecular formula is C41H32. The molecule has 2 aliphatic rings. The predicted molar refractivity (Wildman–Crippen MR) is 174 cm³/mol. The van der Waals surface area contributed by atoms with Crippen molar-refractivity contribution in [1.82, 2.24) is 0 Å². The van der Waals surface area contributed by atoms with Crippen molar-refractivity contribution in [3.63, 3.8) is 0 Å². The zero-order valence-corrected chi connectivity index (χ0v) is 23.8. The van der Waals surface area contributed by atoms with Gasteiger partial charge in [-0.1, -0.05) is 128 Å². The first kappa shape index (κ1) is 24.1. The van der Waals surface area contributed by atoms with E-state index in [1.54, 1.807) is 0 Å². The molecule has 0 saturated heterocycles. The standard InChI is InChI=1S/C41H32/c1-4-32-36-24-29-11-5-6-12-30(29)25-39(36)41(37-15-9-7-13-34(37)35-14-8-10-16-38(35)41)40(32)33-22-21-31(23-27(33)3)28-19-17-26(2)18-20-28/h5-25H,4H2,1-3H3. The van der Waals surface area contributed by atoms with Crippen LogP contribution in [0.4, 0.5) is 0 Å². The van der Waals surface area contributed by atoms with Crippen molar-refractivity contribution in [2.45, 2.75) is 32.6 Å². The lowest BCUT2D eigenvalue weighted by Crippen LogP contribution is -2.27. The van der Waals surface area contributed by atoms with Gasteiger partial charge in [0.2, 0.25) is 0 Å². The molecule has 0 amide bonds. The molecule has 0 aliphatic heterocycles. The Morgan fingerprint density at radius 2 is 1.07 bits per heavy atom. The Labute approximate surface area is 242 Å². The highest BCUT2D eigenvalue weighted by molar-refractivity contribution is 6.11. The Hall–Kier alpha value is -4.68. The smallest absolute Gasteiger partial charge is 0.0619 e. The van der Waals surface area contributed by atoms with Gasteiger partial charge in [0.25, 0.3) is 0 Å². The minimum Gasteiger partial charge on any atom is -0.0619 e. The van der Waals surface area contributed by atoms with E-state index in [1.165, 1.54) is 83.1 Å². The Bertz CT molecular complexity index is 1990. The second-order valence-corrected chi connectivity index (χ2v) is 11.7. The van der Waals surface area contributed by atoms with Crippen LogP contribution in [0.5, 0.6) is 0 Å². The van der Waals surface area contributed by atoms with Gasteiger partial charge in [0.1, 0.15) is 0 Å². The van der Waals surface area contributed by atoms with Crippen molar-refractivity contribution in [1.29, 1.82) is 0 Å². The normalized spacial score (nSPS) is 14.4. The van der Waals surface area contributed by atoms with Crippen molar-refractivity contribution in [3.8, 4) is 22.3 Å². The Morgan fingerprint density at radius 1 is 0.488 bits per heavy atom. The molecule has 0 atom stereocenters. The maximum Gasteiger partial charge on any atom is 0.0728 e. The Morgan fingerprint density at radius 3 is 1.71 bits per heavy atom. The van der Waals surface area contributed by atoms with E-state index in [9.17, 15) is 0 Å². The SMILES string of the molecule is CCC1=C(c2ccc(-c3ccc(C)cc3)cc2C)C2(c3cc4ccccc4cc31)c1ccccc1-c1ccccc12. The highest BCUT2D eigenvalue weighted by Crippen LogP contribution is 2.65. The first-order valence-corrected chi connectivity index (χ1v) is 14.8. The van der Waals surface area contributed by atoms with Gasteiger partial charge in [0.05, 0.1) is 5.41 Å². The lowest BCUT2D eigenvalue weighted by Gasteiger charge is -2.34. The van der Waals surface area contributed by atoms with Crippen LogP contribution in [0.25, 0.3) is 44.2 Å². The third kappa shape index (κ3) is 3.28. The summed E-state index contributed by atoms with van der Waals surface area (Å²) in [6, 6.07) is 48.0. The monoisotopic (exact) mass is 524 g/mol. The first-order chi connectivity index (χ1) is 20.1. The number of allylic oxidation sites excluding steroid dienone is 2. The molecule has 0 fully saturated rings. The van der Waals surface area contributed by atoms with Gasteiger partial charge in [-0.2, -0.15) is 0 Å². The van der Waals surface area contributed by atoms with Gasteiger partial charge >= 0.3 is 0 Å². The molecule has 0 heterocycles. The highest BCUT2D eigenvalue weighted by Gasteiger charge is 2.53. The topological polar surface area (TPSA) is 0 Å². The van der Waals surface area contributed by atoms with Crippen LogP contribution >= 0.6 is 0 Å². The fourth-order valence-electron chi connectivity index (χ4n) is 7.69. The lowest BCUT2D eigenvalue weighted by molar-refractivity contribution is 0.842. The Kier molecular flexibility index (Phi) is 5.25. The van der Waals surface area contributed by atoms with Gasteiger partial charge in [-0.05, 0) is 110 Å². The van der Waals surface area contributed by atoms with E-state index in [0.29, 0.717) is 0 Å². The van der Waals surface area contributed by atoms with Gasteiger partial charge in [-0.3, -0.25) is 0 Å². The van der Waals surface area contributed by atoms with Crippen molar-refractivity contribution < 1.29 is 0 Å². The van der Waals surface area contributed by atoms with Gasteiger partial charge in [0.15, 0.2) is 0 Å². The summed E-state index contributed by atoms with van der Waals surface area (Å²) in [5.41, 5.74) is 17.4. The molecule has 0 N–H and O–H groups in total. The van der Waals surface area contributed by atoms with Crippen molar-refractivity contribution >= 4 is 21.9 Å². The number of rotatable bonds is 3. The molecule has 0 bridgehead atoms. The quantitative estimate of drug-likeness (QED) is 0.216. The third-order valence-electron chi connectivity index (χ3n) is 9.48. The van der Waals surface area contributed by atoms with Crippen molar-refractivity contribution in [2.24, 2.45) is 0 Å². The molecule has 196 valence electrons. The van der Waals surface area contributed by atoms with E-state index in [1.807, 2.05) is 0 Å². The second kappa shape index (κ2) is 8.91. The molecule has 0 nitrogen and oxygen atoms in total. The van der Waals surface area contributed by atoms with E-state index in [4.69, 9.17) is 0 Å². The van der Waals surface area contributed by atoms with Crippen LogP contribution in [0.15, 0.2) is 127 Å². The van der Waals surface area contributed by atoms with Crippen molar-refractivity contribution in [2.75, 3.05) is 0 Å². The maximum atomic E-state index is 2.49. The van der Waals surface area contributed by atoms with Crippen LogP contribution in [0.2, 0.25) is 0 Å². The summed E-state index contributed by atoms with van der Waals surface area (Å²) in [6.45, 7) is 6.78. The van der Waals surface area contributed by atoms with Gasteiger partial charge < -0.3 is 0 Å². The molecule has 2 aliphatic carbocycles. The predicted octanol–water partition coefficient (Wildman–Crippen LogP) is 10.8. The number of benzene rings is 6. The molecule has 8 rings (SSSR count). The summed E-state index contributed by atoms with van der Waals surface area (Å²) in [6.07, 6.45) is 0.978. The number of fused-ring (bicyclic) bond motifs is 8. The third-order valence-corrected chi connectivity index (χ3v) is 9.48. The summed E-state index contributed by atoms with van der Waals surface area (Å²) in [5, 5.41) is 2.61. The van der Waals surface area contributed by atoms with E-state index in [2.05, 4.69) is 148 Å².